The lowest BCUT2D eigenvalue weighted by molar-refractivity contribution is 0.565. The Morgan fingerprint density at radius 3 is 2.17 bits per heavy atom. The fourth-order valence-corrected chi connectivity index (χ4v) is 5.88. The highest BCUT2D eigenvalue weighted by Crippen LogP contribution is 2.44. The highest BCUT2D eigenvalue weighted by atomic mass is 32.1. The summed E-state index contributed by atoms with van der Waals surface area (Å²) in [5.41, 5.74) is 10.8. The first-order valence-electron chi connectivity index (χ1n) is 12.6. The molecule has 0 amide bonds. The summed E-state index contributed by atoms with van der Waals surface area (Å²) in [6, 6.07) is 23.9. The molecule has 0 radical (unpaired) electrons. The van der Waals surface area contributed by atoms with Gasteiger partial charge >= 0.3 is 0 Å². The molecule has 2 aromatic heterocycles. The maximum Gasteiger partial charge on any atom is 0.174 e. The van der Waals surface area contributed by atoms with E-state index in [9.17, 15) is 0 Å². The lowest BCUT2D eigenvalue weighted by Gasteiger charge is -2.28. The molecule has 1 aliphatic heterocycles. The van der Waals surface area contributed by atoms with E-state index in [-0.39, 0.29) is 12.1 Å². The second-order valence-corrected chi connectivity index (χ2v) is 10.6. The normalized spacial score (nSPS) is 17.6. The Morgan fingerprint density at radius 2 is 1.56 bits per heavy atom. The molecule has 0 aliphatic carbocycles. The Bertz CT molecular complexity index is 1380. The number of rotatable bonds is 5. The molecular formula is C31H34N4S. The van der Waals surface area contributed by atoms with Crippen LogP contribution in [0.2, 0.25) is 0 Å². The van der Waals surface area contributed by atoms with Crippen LogP contribution in [-0.2, 0) is 0 Å². The lowest BCUT2D eigenvalue weighted by Crippen LogP contribution is -2.29. The number of nitrogens with zero attached hydrogens (tertiary/aromatic N) is 3. The number of pyridine rings is 1. The number of anilines is 1. The van der Waals surface area contributed by atoms with Crippen LogP contribution in [0.5, 0.6) is 0 Å². The van der Waals surface area contributed by atoms with Gasteiger partial charge in [0.15, 0.2) is 5.11 Å². The van der Waals surface area contributed by atoms with Crippen molar-refractivity contribution in [3.05, 3.63) is 112 Å². The van der Waals surface area contributed by atoms with Crippen LogP contribution in [0, 0.1) is 27.7 Å². The monoisotopic (exact) mass is 494 g/mol. The van der Waals surface area contributed by atoms with Crippen molar-refractivity contribution in [3.63, 3.8) is 0 Å². The van der Waals surface area contributed by atoms with Gasteiger partial charge in [-0.3, -0.25) is 4.98 Å². The Balaban J connectivity index is 1.67. The molecule has 4 nitrogen and oxygen atoms in total. The molecule has 0 bridgehead atoms. The van der Waals surface area contributed by atoms with Crippen LogP contribution in [0.1, 0.15) is 71.2 Å². The molecule has 2 atom stereocenters. The largest absolute Gasteiger partial charge is 0.351 e. The first-order chi connectivity index (χ1) is 17.2. The Kier molecular flexibility index (Phi) is 6.44. The standard InChI is InChI=1S/C31H34N4S/c1-19(2)24-10-12-25(13-11-24)35-30(29(33-31(35)36)28-9-7-8-14-32-28)27-18-22(5)34(23(27)6)26-16-20(3)15-21(4)17-26/h7-19,29-30H,1-6H3,(H,33,36)/t29-,30-/m1/s1. The van der Waals surface area contributed by atoms with Gasteiger partial charge in [0.05, 0.1) is 17.8 Å². The summed E-state index contributed by atoms with van der Waals surface area (Å²) >= 11 is 5.95. The predicted molar refractivity (Wildman–Crippen MR) is 153 cm³/mol. The van der Waals surface area contributed by atoms with E-state index in [1.165, 1.54) is 39.3 Å². The maximum absolute atomic E-state index is 5.95. The van der Waals surface area contributed by atoms with E-state index in [4.69, 9.17) is 17.2 Å². The Hall–Kier alpha value is -3.44. The molecule has 1 saturated heterocycles. The fraction of sp³-hybridized carbons (Fsp3) is 0.290. The van der Waals surface area contributed by atoms with Crippen molar-refractivity contribution in [2.24, 2.45) is 0 Å². The third-order valence-corrected chi connectivity index (χ3v) is 7.50. The molecule has 0 saturated carbocycles. The van der Waals surface area contributed by atoms with Crippen LogP contribution < -0.4 is 10.2 Å². The van der Waals surface area contributed by atoms with E-state index in [1.54, 1.807) is 0 Å². The average Bonchev–Trinajstić information content (AvgIpc) is 3.34. The Morgan fingerprint density at radius 1 is 0.861 bits per heavy atom. The van der Waals surface area contributed by atoms with Crippen molar-refractivity contribution >= 4 is 23.0 Å². The van der Waals surface area contributed by atoms with Gasteiger partial charge in [-0.25, -0.2) is 0 Å². The molecular weight excluding hydrogens is 460 g/mol. The number of aryl methyl sites for hydroxylation is 3. The number of hydrogen-bond donors (Lipinski definition) is 1. The van der Waals surface area contributed by atoms with Crippen molar-refractivity contribution in [3.8, 4) is 5.69 Å². The van der Waals surface area contributed by atoms with Gasteiger partial charge in [0.25, 0.3) is 0 Å². The topological polar surface area (TPSA) is 33.1 Å². The van der Waals surface area contributed by atoms with E-state index in [1.807, 2.05) is 18.3 Å². The van der Waals surface area contributed by atoms with E-state index in [2.05, 4.69) is 111 Å². The molecule has 5 rings (SSSR count). The van der Waals surface area contributed by atoms with Crippen molar-refractivity contribution in [2.45, 2.75) is 59.5 Å². The highest BCUT2D eigenvalue weighted by Gasteiger charge is 2.42. The maximum atomic E-state index is 5.95. The van der Waals surface area contributed by atoms with E-state index < -0.39 is 0 Å². The fourth-order valence-electron chi connectivity index (χ4n) is 5.53. The molecule has 0 spiro atoms. The van der Waals surface area contributed by atoms with Gasteiger partial charge in [-0.15, -0.1) is 0 Å². The molecule has 1 fully saturated rings. The predicted octanol–water partition coefficient (Wildman–Crippen LogP) is 7.41. The molecule has 3 heterocycles. The summed E-state index contributed by atoms with van der Waals surface area (Å²) in [5, 5.41) is 4.33. The summed E-state index contributed by atoms with van der Waals surface area (Å²) in [6.45, 7) is 13.2. The average molecular weight is 495 g/mol. The van der Waals surface area contributed by atoms with Gasteiger partial charge in [-0.1, -0.05) is 38.1 Å². The zero-order valence-corrected chi connectivity index (χ0v) is 22.7. The van der Waals surface area contributed by atoms with Gasteiger partial charge in [0.2, 0.25) is 0 Å². The second-order valence-electron chi connectivity index (χ2n) is 10.3. The van der Waals surface area contributed by atoms with Crippen molar-refractivity contribution in [2.75, 3.05) is 4.90 Å². The molecule has 0 unspecified atom stereocenters. The van der Waals surface area contributed by atoms with E-state index in [0.717, 1.165) is 16.5 Å². The summed E-state index contributed by atoms with van der Waals surface area (Å²) < 4.78 is 2.37. The lowest BCUT2D eigenvalue weighted by atomic mass is 9.96. The number of benzene rings is 2. The van der Waals surface area contributed by atoms with Crippen LogP contribution in [0.25, 0.3) is 5.69 Å². The number of hydrogen-bond acceptors (Lipinski definition) is 2. The first kappa shape index (κ1) is 24.3. The minimum absolute atomic E-state index is 0.0249. The van der Waals surface area contributed by atoms with Crippen molar-refractivity contribution in [1.29, 1.82) is 0 Å². The van der Waals surface area contributed by atoms with Gasteiger partial charge in [-0.05, 0) is 111 Å². The molecule has 1 N–H and O–H groups in total. The molecule has 36 heavy (non-hydrogen) atoms. The Labute approximate surface area is 220 Å². The summed E-state index contributed by atoms with van der Waals surface area (Å²) in [4.78, 5) is 6.99. The second kappa shape index (κ2) is 9.55. The number of aromatic nitrogens is 2. The van der Waals surface area contributed by atoms with Crippen LogP contribution in [-0.4, -0.2) is 14.7 Å². The van der Waals surface area contributed by atoms with Gasteiger partial charge in [0.1, 0.15) is 0 Å². The first-order valence-corrected chi connectivity index (χ1v) is 13.0. The smallest absolute Gasteiger partial charge is 0.174 e. The van der Waals surface area contributed by atoms with Gasteiger partial charge in [-0.2, -0.15) is 0 Å². The van der Waals surface area contributed by atoms with Crippen LogP contribution in [0.4, 0.5) is 5.69 Å². The minimum atomic E-state index is -0.0586. The molecule has 2 aromatic carbocycles. The number of thiocarbonyl (C=S) groups is 1. The summed E-state index contributed by atoms with van der Waals surface area (Å²) in [7, 11) is 0. The van der Waals surface area contributed by atoms with E-state index in [0.29, 0.717) is 5.92 Å². The zero-order chi connectivity index (χ0) is 25.6. The molecule has 1 aliphatic rings. The van der Waals surface area contributed by atoms with Crippen LogP contribution >= 0.6 is 12.2 Å². The molecule has 4 aromatic rings. The third-order valence-electron chi connectivity index (χ3n) is 7.19. The van der Waals surface area contributed by atoms with Crippen molar-refractivity contribution in [1.82, 2.24) is 14.9 Å². The molecule has 184 valence electrons. The van der Waals surface area contributed by atoms with Gasteiger partial charge in [0, 0.05) is 29.0 Å². The quantitative estimate of drug-likeness (QED) is 0.293. The SMILES string of the molecule is Cc1cc(C)cc(-n2c(C)cc([C@@H]3[C@@H](c4ccccn4)NC(=S)N3c3ccc(C(C)C)cc3)c2C)c1. The van der Waals surface area contributed by atoms with E-state index >= 15 is 0 Å². The zero-order valence-electron chi connectivity index (χ0n) is 21.9. The summed E-state index contributed by atoms with van der Waals surface area (Å²) in [5.74, 6) is 0.483. The molecule has 5 heteroatoms. The minimum Gasteiger partial charge on any atom is -0.351 e. The van der Waals surface area contributed by atoms with Crippen LogP contribution in [0.3, 0.4) is 0 Å². The van der Waals surface area contributed by atoms with Crippen molar-refractivity contribution < 1.29 is 0 Å². The third kappa shape index (κ3) is 4.33. The highest BCUT2D eigenvalue weighted by molar-refractivity contribution is 7.80. The number of nitrogens with one attached hydrogen (secondary N) is 1. The van der Waals surface area contributed by atoms with Gasteiger partial charge < -0.3 is 14.8 Å². The summed E-state index contributed by atoms with van der Waals surface area (Å²) in [6.07, 6.45) is 1.86. The van der Waals surface area contributed by atoms with Crippen LogP contribution in [0.15, 0.2) is 72.9 Å².